The van der Waals surface area contributed by atoms with E-state index in [1.165, 1.54) is 93.3 Å². The number of hydrogen-bond acceptors (Lipinski definition) is 14. The largest absolute Gasteiger partial charge is 0.494 e. The zero-order valence-corrected chi connectivity index (χ0v) is 50.5. The highest BCUT2D eigenvalue weighted by molar-refractivity contribution is 5.93. The van der Waals surface area contributed by atoms with E-state index in [0.717, 1.165) is 30.1 Å². The van der Waals surface area contributed by atoms with Crippen molar-refractivity contribution in [1.29, 1.82) is 0 Å². The van der Waals surface area contributed by atoms with Gasteiger partial charge in [-0.25, -0.2) is 0 Å². The second-order valence-electron chi connectivity index (χ2n) is 36.6. The summed E-state index contributed by atoms with van der Waals surface area (Å²) in [5, 5.41) is 7.52. The zero-order chi connectivity index (χ0) is 56.5. The van der Waals surface area contributed by atoms with E-state index in [2.05, 4.69) is 90.7 Å². The number of aliphatic imine (C=N–C) groups is 1. The molecule has 14 heteroatoms. The minimum atomic E-state index is -0.242. The Morgan fingerprint density at radius 3 is 2.41 bits per heavy atom. The fraction of sp³-hybridized carbons (Fsp3) is 0.628. The normalized spacial score (nSPS) is 63.6. The molecule has 20 heterocycles. The summed E-state index contributed by atoms with van der Waals surface area (Å²) in [6, 6.07) is 8.90. The van der Waals surface area contributed by atoms with Gasteiger partial charge in [-0.2, -0.15) is 0 Å². The SMILES string of the molecule is C1=CC2=c3ccc4c5c3=C3C6=C7C8=C9C%10=C%11C%12C%13C%14C%15C%16C%17C(=CC%18OC%19CCCC%20C%21NC%22CCC%23OC%24C=C%25OC%26C=C(OC8C=C(N=C4)C75)C9N%12C%26C%14C%25C4C%15C5C%17C%18=C(C%19%20)C7C%21C%22C%23C(C%244)N75)OC4CC5OC7CC8OC(=C1)C2N3C8C(C7N%11C5C%13C4%16)N6%10. The highest BCUT2D eigenvalue weighted by atomic mass is 16.5. The maximum Gasteiger partial charge on any atom is 0.144 e. The predicted octanol–water partition coefficient (Wildman–Crippen LogP) is 4.45. The molecule has 19 fully saturated rings. The van der Waals surface area contributed by atoms with Gasteiger partial charge in [0.05, 0.1) is 119 Å². The first-order chi connectivity index (χ1) is 45.7. The summed E-state index contributed by atoms with van der Waals surface area (Å²) in [6.07, 6.45) is 28.6. The molecule has 456 valence electrons. The Bertz CT molecular complexity index is 4810. The summed E-state index contributed by atoms with van der Waals surface area (Å²) < 4.78 is 56.8. The number of nitrogens with zero attached hydrogens (tertiary/aromatic N) is 6. The lowest BCUT2D eigenvalue weighted by molar-refractivity contribution is -0.371. The van der Waals surface area contributed by atoms with E-state index in [4.69, 9.17) is 38.2 Å². The number of benzene rings is 1. The first-order valence-corrected chi connectivity index (χ1v) is 37.7. The minimum Gasteiger partial charge on any atom is -0.494 e. The molecule has 1 aromatic rings. The Morgan fingerprint density at radius 1 is 0.511 bits per heavy atom. The molecule has 0 bridgehead atoms. The van der Waals surface area contributed by atoms with Crippen molar-refractivity contribution < 1.29 is 33.2 Å². The summed E-state index contributed by atoms with van der Waals surface area (Å²) >= 11 is 0. The minimum absolute atomic E-state index is 0.0127. The number of piperidine rings is 4. The Hall–Kier alpha value is -5.61. The summed E-state index contributed by atoms with van der Waals surface area (Å²) in [5.74, 6) is 14.6. The molecule has 42 unspecified atom stereocenters. The molecule has 33 aliphatic rings. The average molecular weight is 1210 g/mol. The van der Waals surface area contributed by atoms with Crippen molar-refractivity contribution in [3.8, 4) is 0 Å². The molecule has 20 aliphatic heterocycles. The van der Waals surface area contributed by atoms with Gasteiger partial charge in [0.1, 0.15) is 48.1 Å². The van der Waals surface area contributed by atoms with Crippen LogP contribution in [-0.2, 0) is 33.2 Å². The number of allylic oxidation sites excluding steroid dienone is 5. The van der Waals surface area contributed by atoms with E-state index in [1.54, 1.807) is 17.0 Å². The van der Waals surface area contributed by atoms with Gasteiger partial charge >= 0.3 is 0 Å². The average Bonchev–Trinajstić information content (AvgIpc) is 0.644. The van der Waals surface area contributed by atoms with Crippen molar-refractivity contribution in [3.05, 3.63) is 150 Å². The molecule has 11 saturated heterocycles. The van der Waals surface area contributed by atoms with Crippen LogP contribution >= 0.6 is 0 Å². The molecule has 0 spiro atoms. The van der Waals surface area contributed by atoms with Gasteiger partial charge in [0.15, 0.2) is 0 Å². The number of morpholine rings is 2. The van der Waals surface area contributed by atoms with Crippen molar-refractivity contribution in [2.45, 2.75) is 190 Å². The van der Waals surface area contributed by atoms with E-state index in [1.807, 2.05) is 11.1 Å². The molecule has 0 amide bonds. The lowest BCUT2D eigenvalue weighted by atomic mass is 9.29. The molecule has 1 aromatic carbocycles. The van der Waals surface area contributed by atoms with Crippen LogP contribution in [0.1, 0.15) is 62.0 Å². The van der Waals surface area contributed by atoms with Gasteiger partial charge in [0.25, 0.3) is 0 Å². The van der Waals surface area contributed by atoms with Crippen LogP contribution in [0.4, 0.5) is 0 Å². The van der Waals surface area contributed by atoms with Crippen LogP contribution < -0.4 is 15.8 Å². The maximum absolute atomic E-state index is 8.37. The molecule has 13 aliphatic carbocycles. The third-order valence-electron chi connectivity index (χ3n) is 35.9. The Labute approximate surface area is 529 Å². The van der Waals surface area contributed by atoms with Crippen molar-refractivity contribution in [2.75, 3.05) is 0 Å². The summed E-state index contributed by atoms with van der Waals surface area (Å²) in [5.41, 5.74) is 20.0. The van der Waals surface area contributed by atoms with Crippen molar-refractivity contribution in [2.24, 2.45) is 112 Å². The maximum atomic E-state index is 8.37. The van der Waals surface area contributed by atoms with Crippen LogP contribution in [0.2, 0.25) is 0 Å². The number of hydrogen-bond donors (Lipinski definition) is 1. The molecular weight excluding hydrogens is 1150 g/mol. The van der Waals surface area contributed by atoms with Gasteiger partial charge < -0.3 is 53.2 Å². The van der Waals surface area contributed by atoms with E-state index in [9.17, 15) is 0 Å². The summed E-state index contributed by atoms with van der Waals surface area (Å²) in [6.45, 7) is 0. The quantitative estimate of drug-likeness (QED) is 0.371. The molecule has 1 N–H and O–H groups in total. The molecular formula is C78H67N7O7. The van der Waals surface area contributed by atoms with Crippen molar-refractivity contribution in [1.82, 2.24) is 29.8 Å². The van der Waals surface area contributed by atoms with E-state index < -0.39 is 0 Å². The topological polar surface area (TPSA) is 105 Å². The Kier molecular flexibility index (Phi) is 6.12. The number of nitrogens with one attached hydrogen (secondary N) is 1. The van der Waals surface area contributed by atoms with Gasteiger partial charge in [-0.05, 0) is 160 Å². The molecule has 8 saturated carbocycles. The number of rotatable bonds is 0. The number of piperazine rings is 1. The van der Waals surface area contributed by atoms with Crippen LogP contribution in [0.5, 0.6) is 0 Å². The summed E-state index contributed by atoms with van der Waals surface area (Å²) in [4.78, 5) is 21.8. The smallest absolute Gasteiger partial charge is 0.144 e. The van der Waals surface area contributed by atoms with E-state index >= 15 is 0 Å². The van der Waals surface area contributed by atoms with Gasteiger partial charge in [-0.15, -0.1) is 0 Å². The fourth-order valence-corrected chi connectivity index (χ4v) is 35.7. The lowest BCUT2D eigenvalue weighted by Crippen LogP contribution is -2.91. The van der Waals surface area contributed by atoms with Gasteiger partial charge in [-0.3, -0.25) is 14.8 Å². The van der Waals surface area contributed by atoms with Crippen molar-refractivity contribution >= 4 is 17.5 Å². The highest BCUT2D eigenvalue weighted by Crippen LogP contribution is 2.84. The van der Waals surface area contributed by atoms with Crippen LogP contribution in [0.25, 0.3) is 11.3 Å². The Balaban J connectivity index is 0.697. The molecule has 92 heavy (non-hydrogen) atoms. The summed E-state index contributed by atoms with van der Waals surface area (Å²) in [7, 11) is 0. The Morgan fingerprint density at radius 2 is 1.41 bits per heavy atom. The van der Waals surface area contributed by atoms with Crippen molar-refractivity contribution in [3.63, 3.8) is 0 Å². The fourth-order valence-electron chi connectivity index (χ4n) is 35.7. The second kappa shape index (κ2) is 12.8. The highest BCUT2D eigenvalue weighted by Gasteiger charge is 2.88. The zero-order valence-electron chi connectivity index (χ0n) is 50.5. The van der Waals surface area contributed by atoms with Gasteiger partial charge in [-0.1, -0.05) is 30.7 Å². The van der Waals surface area contributed by atoms with Crippen LogP contribution in [0.3, 0.4) is 0 Å². The first kappa shape index (κ1) is 44.2. The van der Waals surface area contributed by atoms with Crippen LogP contribution in [0.15, 0.2) is 133 Å². The molecule has 14 nitrogen and oxygen atoms in total. The second-order valence-corrected chi connectivity index (χ2v) is 36.6. The molecule has 34 rings (SSSR count). The van der Waals surface area contributed by atoms with Crippen LogP contribution in [-0.4, -0.2) is 170 Å². The predicted molar refractivity (Wildman–Crippen MR) is 323 cm³/mol. The van der Waals surface area contributed by atoms with E-state index in [0.29, 0.717) is 149 Å². The first-order valence-electron chi connectivity index (χ1n) is 37.7. The molecule has 0 radical (unpaired) electrons. The van der Waals surface area contributed by atoms with Crippen LogP contribution in [0, 0.1) is 107 Å². The van der Waals surface area contributed by atoms with Gasteiger partial charge in [0.2, 0.25) is 0 Å². The lowest BCUT2D eigenvalue weighted by Gasteiger charge is -2.85. The third kappa shape index (κ3) is 3.72. The van der Waals surface area contributed by atoms with Gasteiger partial charge in [0, 0.05) is 107 Å². The molecule has 0 aromatic heterocycles. The number of ether oxygens (including phenoxy) is 7. The number of fused-ring (bicyclic) bond motifs is 1. The van der Waals surface area contributed by atoms with E-state index in [-0.39, 0.29) is 103 Å². The molecule has 42 atom stereocenters. The monoisotopic (exact) mass is 1210 g/mol. The third-order valence-corrected chi connectivity index (χ3v) is 35.9. The standard InChI is InChI=1S/C78H67N7O7/c1-3-20-19-8-7-18-17-79-23-11-27-47-55-42(23)38(18)40(19)73-74(55)85-76-62(47)67-35(90-27)15-34-65-57-45-29(91-34)13-32-49-51(45)59-52-50-43-28(12-30-46-54-39-21(4-2-5-24(39)86-30)63-61-41-22(80-63)9-10-25(87-32)48(41)70(49)84(72(54)61)71(59)56(43)46)89-31-14-33-66-58(44(31)50)60(53(52)57)75(82(65)67)78(76)83(66)69-37(92-33)16-36-68(77(69)85)81(73)64(20)26(6-1)88-36/h1,3,6-8,11-13,15,17,21-22,24-25,27,30-34,36-37,39,41-45,48-53,56-61,63-72,75,77,80H,2,4-5,9-10,14,16H2.